The third-order valence-corrected chi connectivity index (χ3v) is 5.46. The van der Waals surface area contributed by atoms with Crippen LogP contribution in [-0.2, 0) is 17.9 Å². The van der Waals surface area contributed by atoms with E-state index in [0.29, 0.717) is 25.1 Å². The number of hydrogen-bond acceptors (Lipinski definition) is 5. The first-order valence-electron chi connectivity index (χ1n) is 10.1. The molecule has 1 heterocycles. The van der Waals surface area contributed by atoms with Crippen molar-refractivity contribution >= 4 is 23.6 Å². The Hall–Kier alpha value is -3.13. The van der Waals surface area contributed by atoms with Crippen LogP contribution < -0.4 is 10.6 Å². The van der Waals surface area contributed by atoms with E-state index < -0.39 is 6.04 Å². The normalized spacial score (nSPS) is 11.7. The van der Waals surface area contributed by atoms with Gasteiger partial charge in [-0.05, 0) is 48.6 Å². The Bertz CT molecular complexity index is 989. The minimum atomic E-state index is -0.577. The number of nitrogens with one attached hydrogen (secondary N) is 2. The lowest BCUT2D eigenvalue weighted by molar-refractivity contribution is -0.123. The number of thioether (sulfide) groups is 1. The van der Waals surface area contributed by atoms with Crippen LogP contribution in [-0.4, -0.2) is 44.6 Å². The van der Waals surface area contributed by atoms with E-state index in [1.165, 1.54) is 6.33 Å². The van der Waals surface area contributed by atoms with Crippen molar-refractivity contribution in [3.05, 3.63) is 83.4 Å². The summed E-state index contributed by atoms with van der Waals surface area (Å²) in [6.07, 6.45) is 5.74. The molecule has 0 aliphatic heterocycles. The molecule has 0 saturated heterocycles. The van der Waals surface area contributed by atoms with Crippen molar-refractivity contribution in [3.63, 3.8) is 0 Å². The fourth-order valence-electron chi connectivity index (χ4n) is 3.11. The summed E-state index contributed by atoms with van der Waals surface area (Å²) >= 11 is 1.65. The topological polar surface area (TPSA) is 88.9 Å². The zero-order valence-corrected chi connectivity index (χ0v) is 18.6. The molecule has 2 amide bonds. The Morgan fingerprint density at radius 1 is 1.13 bits per heavy atom. The predicted molar refractivity (Wildman–Crippen MR) is 123 cm³/mol. The average Bonchev–Trinajstić information content (AvgIpc) is 3.29. The lowest BCUT2D eigenvalue weighted by atomic mass is 10.1. The van der Waals surface area contributed by atoms with Crippen molar-refractivity contribution in [2.45, 2.75) is 32.5 Å². The zero-order chi connectivity index (χ0) is 22.1. The van der Waals surface area contributed by atoms with Gasteiger partial charge in [0.1, 0.15) is 18.7 Å². The molecule has 0 spiro atoms. The summed E-state index contributed by atoms with van der Waals surface area (Å²) in [6, 6.07) is 14.8. The smallest absolute Gasteiger partial charge is 0.251 e. The van der Waals surface area contributed by atoms with Crippen LogP contribution in [0.15, 0.2) is 61.2 Å². The van der Waals surface area contributed by atoms with Crippen molar-refractivity contribution in [1.82, 2.24) is 25.4 Å². The molecule has 1 unspecified atom stereocenters. The molecule has 0 fully saturated rings. The Kier molecular flexibility index (Phi) is 8.23. The Labute approximate surface area is 186 Å². The average molecular weight is 438 g/mol. The molecule has 1 aromatic heterocycles. The molecule has 0 aliphatic rings. The first kappa shape index (κ1) is 22.6. The van der Waals surface area contributed by atoms with Crippen LogP contribution in [0.3, 0.4) is 0 Å². The van der Waals surface area contributed by atoms with Gasteiger partial charge in [0.25, 0.3) is 5.91 Å². The number of carbonyl (C=O) groups is 2. The molecule has 0 aliphatic carbocycles. The Morgan fingerprint density at radius 3 is 2.58 bits per heavy atom. The summed E-state index contributed by atoms with van der Waals surface area (Å²) < 4.78 is 1.75. The number of nitrogens with zero attached hydrogens (tertiary/aromatic N) is 3. The van der Waals surface area contributed by atoms with Crippen molar-refractivity contribution in [2.75, 3.05) is 12.0 Å². The highest BCUT2D eigenvalue weighted by atomic mass is 32.2. The number of carbonyl (C=O) groups excluding carboxylic acids is 2. The van der Waals surface area contributed by atoms with E-state index in [1.54, 1.807) is 28.8 Å². The van der Waals surface area contributed by atoms with E-state index in [0.717, 1.165) is 22.4 Å². The quantitative estimate of drug-likeness (QED) is 0.509. The van der Waals surface area contributed by atoms with Crippen molar-refractivity contribution in [2.24, 2.45) is 0 Å². The molecule has 3 rings (SSSR count). The van der Waals surface area contributed by atoms with E-state index >= 15 is 0 Å². The number of amides is 2. The van der Waals surface area contributed by atoms with Gasteiger partial charge in [0.2, 0.25) is 5.91 Å². The first-order valence-corrected chi connectivity index (χ1v) is 11.5. The second-order valence-corrected chi connectivity index (χ2v) is 8.29. The van der Waals surface area contributed by atoms with Crippen LogP contribution in [0.5, 0.6) is 0 Å². The molecule has 2 aromatic carbocycles. The van der Waals surface area contributed by atoms with Gasteiger partial charge in [0.15, 0.2) is 0 Å². The van der Waals surface area contributed by atoms with E-state index in [2.05, 4.69) is 20.7 Å². The fourth-order valence-corrected chi connectivity index (χ4v) is 3.58. The SMILES string of the molecule is CSCCC(NC(=O)c1cccc(C)c1)C(=O)NCc1ccc(Cn2cncn2)cc1. The monoisotopic (exact) mass is 437 g/mol. The molecular formula is C23H27N5O2S. The maximum Gasteiger partial charge on any atom is 0.251 e. The molecule has 162 valence electrons. The largest absolute Gasteiger partial charge is 0.350 e. The zero-order valence-electron chi connectivity index (χ0n) is 17.7. The van der Waals surface area contributed by atoms with Gasteiger partial charge in [-0.2, -0.15) is 16.9 Å². The lowest BCUT2D eigenvalue weighted by Crippen LogP contribution is -2.46. The number of aromatic nitrogens is 3. The highest BCUT2D eigenvalue weighted by molar-refractivity contribution is 7.98. The lowest BCUT2D eigenvalue weighted by Gasteiger charge is -2.18. The van der Waals surface area contributed by atoms with E-state index in [1.807, 2.05) is 55.6 Å². The predicted octanol–water partition coefficient (Wildman–Crippen LogP) is 2.80. The molecule has 8 heteroatoms. The first-order chi connectivity index (χ1) is 15.0. The Morgan fingerprint density at radius 2 is 1.90 bits per heavy atom. The minimum absolute atomic E-state index is 0.179. The third-order valence-electron chi connectivity index (χ3n) is 4.81. The van der Waals surface area contributed by atoms with E-state index in [9.17, 15) is 9.59 Å². The highest BCUT2D eigenvalue weighted by Gasteiger charge is 2.21. The minimum Gasteiger partial charge on any atom is -0.350 e. The van der Waals surface area contributed by atoms with Crippen LogP contribution in [0.25, 0.3) is 0 Å². The molecule has 2 N–H and O–H groups in total. The second kappa shape index (κ2) is 11.3. The van der Waals surface area contributed by atoms with E-state index in [4.69, 9.17) is 0 Å². The second-order valence-electron chi connectivity index (χ2n) is 7.30. The molecule has 31 heavy (non-hydrogen) atoms. The van der Waals surface area contributed by atoms with Gasteiger partial charge in [-0.3, -0.25) is 9.59 Å². The summed E-state index contributed by atoms with van der Waals surface area (Å²) in [6.45, 7) is 2.98. The number of hydrogen-bond donors (Lipinski definition) is 2. The third kappa shape index (κ3) is 6.96. The maximum atomic E-state index is 12.8. The van der Waals surface area contributed by atoms with Crippen LogP contribution >= 0.6 is 11.8 Å². The standard InChI is InChI=1S/C23H27N5O2S/c1-17-4-3-5-20(12-17)22(29)27-21(10-11-31-2)23(30)25-13-18-6-8-19(9-7-18)14-28-16-24-15-26-28/h3-9,12,15-16,21H,10-11,13-14H2,1-2H3,(H,25,30)(H,27,29). The number of rotatable bonds is 10. The number of benzene rings is 2. The maximum absolute atomic E-state index is 12.8. The van der Waals surface area contributed by atoms with Crippen molar-refractivity contribution < 1.29 is 9.59 Å². The van der Waals surface area contributed by atoms with Crippen LogP contribution in [0.4, 0.5) is 0 Å². The van der Waals surface area contributed by atoms with Crippen LogP contribution in [0.2, 0.25) is 0 Å². The summed E-state index contributed by atoms with van der Waals surface area (Å²) in [4.78, 5) is 29.3. The fraction of sp³-hybridized carbons (Fsp3) is 0.304. The summed E-state index contributed by atoms with van der Waals surface area (Å²) in [5, 5.41) is 9.94. The van der Waals surface area contributed by atoms with Crippen molar-refractivity contribution in [1.29, 1.82) is 0 Å². The highest BCUT2D eigenvalue weighted by Crippen LogP contribution is 2.08. The molecule has 7 nitrogen and oxygen atoms in total. The van der Waals surface area contributed by atoms with E-state index in [-0.39, 0.29) is 11.8 Å². The van der Waals surface area contributed by atoms with Gasteiger partial charge in [-0.1, -0.05) is 42.0 Å². The molecule has 1 atom stereocenters. The summed E-state index contributed by atoms with van der Waals surface area (Å²) in [5.74, 6) is 0.368. The summed E-state index contributed by atoms with van der Waals surface area (Å²) in [5.41, 5.74) is 3.66. The van der Waals surface area contributed by atoms with Gasteiger partial charge >= 0.3 is 0 Å². The molecular weight excluding hydrogens is 410 g/mol. The van der Waals surface area contributed by atoms with Gasteiger partial charge in [-0.25, -0.2) is 9.67 Å². The van der Waals surface area contributed by atoms with Gasteiger partial charge in [0, 0.05) is 12.1 Å². The number of aryl methyl sites for hydroxylation is 1. The molecule has 0 saturated carbocycles. The Balaban J connectivity index is 1.56. The molecule has 0 radical (unpaired) electrons. The summed E-state index contributed by atoms with van der Waals surface area (Å²) in [7, 11) is 0. The van der Waals surface area contributed by atoms with Gasteiger partial charge < -0.3 is 10.6 Å². The van der Waals surface area contributed by atoms with Crippen LogP contribution in [0, 0.1) is 6.92 Å². The van der Waals surface area contributed by atoms with Gasteiger partial charge in [0.05, 0.1) is 6.54 Å². The van der Waals surface area contributed by atoms with Crippen molar-refractivity contribution in [3.8, 4) is 0 Å². The molecule has 0 bridgehead atoms. The van der Waals surface area contributed by atoms with Crippen LogP contribution in [0.1, 0.15) is 33.5 Å². The molecule has 3 aromatic rings. The van der Waals surface area contributed by atoms with Gasteiger partial charge in [-0.15, -0.1) is 0 Å².